The lowest BCUT2D eigenvalue weighted by Crippen LogP contribution is -2.11. The largest absolute Gasteiger partial charge is 0.487 e. The molecule has 0 spiro atoms. The maximum absolute atomic E-state index is 11.1. The van der Waals surface area contributed by atoms with Gasteiger partial charge < -0.3 is 9.47 Å². The first-order chi connectivity index (χ1) is 9.19. The van der Waals surface area contributed by atoms with E-state index in [4.69, 9.17) is 4.74 Å². The number of hydrogen-bond donors (Lipinski definition) is 1. The monoisotopic (exact) mass is 279 g/mol. The Kier molecular flexibility index (Phi) is 4.30. The number of ether oxygens (including phenoxy) is 2. The fourth-order valence-electron chi connectivity index (χ4n) is 1.43. The lowest BCUT2D eigenvalue weighted by molar-refractivity contribution is 0.187. The predicted molar refractivity (Wildman–Crippen MR) is 71.4 cm³/mol. The van der Waals surface area contributed by atoms with Gasteiger partial charge in [-0.2, -0.15) is 0 Å². The smallest absolute Gasteiger partial charge is 0.411 e. The number of methoxy groups -OCH3 is 1. The Hall–Kier alpha value is -2.15. The average molecular weight is 279 g/mol. The number of amides is 1. The molecule has 0 aliphatic rings. The van der Waals surface area contributed by atoms with E-state index in [0.29, 0.717) is 18.0 Å². The molecule has 0 saturated heterocycles. The predicted octanol–water partition coefficient (Wildman–Crippen LogP) is 2.60. The summed E-state index contributed by atoms with van der Waals surface area (Å²) in [6.07, 6.45) is -0.495. The zero-order valence-electron chi connectivity index (χ0n) is 10.5. The normalized spacial score (nSPS) is 10.0. The van der Waals surface area contributed by atoms with Gasteiger partial charge in [0.15, 0.2) is 0 Å². The Morgan fingerprint density at radius 2 is 2.32 bits per heavy atom. The molecule has 0 bridgehead atoms. The summed E-state index contributed by atoms with van der Waals surface area (Å²) < 4.78 is 13.9. The van der Waals surface area contributed by atoms with Gasteiger partial charge in [-0.1, -0.05) is 4.49 Å². The van der Waals surface area contributed by atoms with E-state index in [-0.39, 0.29) is 0 Å². The van der Waals surface area contributed by atoms with E-state index in [2.05, 4.69) is 19.6 Å². The number of rotatable bonds is 4. The van der Waals surface area contributed by atoms with Gasteiger partial charge in [0.2, 0.25) is 0 Å². The summed E-state index contributed by atoms with van der Waals surface area (Å²) in [6, 6.07) is 5.38. The molecule has 0 saturated carbocycles. The van der Waals surface area contributed by atoms with Crippen LogP contribution in [0.2, 0.25) is 0 Å². The van der Waals surface area contributed by atoms with Crippen molar-refractivity contribution in [3.8, 4) is 5.75 Å². The van der Waals surface area contributed by atoms with Crippen molar-refractivity contribution in [3.63, 3.8) is 0 Å². The summed E-state index contributed by atoms with van der Waals surface area (Å²) in [5, 5.41) is 8.34. The fraction of sp³-hybridized carbons (Fsp3) is 0.250. The van der Waals surface area contributed by atoms with Crippen molar-refractivity contribution in [3.05, 3.63) is 34.8 Å². The van der Waals surface area contributed by atoms with Gasteiger partial charge in [0.1, 0.15) is 18.1 Å². The number of hydrogen-bond acceptors (Lipinski definition) is 6. The minimum absolute atomic E-state index is 0.375. The lowest BCUT2D eigenvalue weighted by atomic mass is 10.2. The summed E-state index contributed by atoms with van der Waals surface area (Å²) >= 11 is 1.29. The second-order valence-electron chi connectivity index (χ2n) is 3.78. The van der Waals surface area contributed by atoms with Crippen LogP contribution < -0.4 is 10.1 Å². The molecule has 0 atom stereocenters. The molecular formula is C12H13N3O3S. The molecule has 1 N–H and O–H groups in total. The van der Waals surface area contributed by atoms with Crippen LogP contribution in [0.5, 0.6) is 5.75 Å². The summed E-state index contributed by atoms with van der Waals surface area (Å²) in [7, 11) is 1.32. The Labute approximate surface area is 114 Å². The van der Waals surface area contributed by atoms with Crippen molar-refractivity contribution in [2.75, 3.05) is 12.4 Å². The molecule has 19 heavy (non-hydrogen) atoms. The van der Waals surface area contributed by atoms with E-state index in [1.807, 2.05) is 18.4 Å². The van der Waals surface area contributed by atoms with E-state index in [1.165, 1.54) is 18.6 Å². The molecule has 1 aromatic heterocycles. The fourth-order valence-corrected chi connectivity index (χ4v) is 1.87. The van der Waals surface area contributed by atoms with Crippen LogP contribution in [0.15, 0.2) is 23.6 Å². The second kappa shape index (κ2) is 6.14. The minimum atomic E-state index is -0.495. The number of nitrogens with zero attached hydrogens (tertiary/aromatic N) is 2. The molecule has 2 rings (SSSR count). The number of anilines is 1. The zero-order chi connectivity index (χ0) is 13.7. The second-order valence-corrected chi connectivity index (χ2v) is 4.39. The topological polar surface area (TPSA) is 73.3 Å². The molecule has 100 valence electrons. The van der Waals surface area contributed by atoms with E-state index in [0.717, 1.165) is 11.3 Å². The third kappa shape index (κ3) is 3.65. The van der Waals surface area contributed by atoms with Crippen LogP contribution in [0.4, 0.5) is 10.5 Å². The van der Waals surface area contributed by atoms with Gasteiger partial charge in [0.25, 0.3) is 0 Å². The quantitative estimate of drug-likeness (QED) is 0.931. The molecular weight excluding hydrogens is 266 g/mol. The summed E-state index contributed by atoms with van der Waals surface area (Å²) in [4.78, 5) is 11.1. The average Bonchev–Trinajstić information content (AvgIpc) is 2.92. The van der Waals surface area contributed by atoms with Gasteiger partial charge in [0, 0.05) is 11.1 Å². The minimum Gasteiger partial charge on any atom is -0.487 e. The molecule has 1 amide bonds. The number of aryl methyl sites for hydroxylation is 1. The van der Waals surface area contributed by atoms with Crippen LogP contribution >= 0.6 is 11.5 Å². The van der Waals surface area contributed by atoms with Crippen LogP contribution in [0.1, 0.15) is 11.3 Å². The van der Waals surface area contributed by atoms with Crippen LogP contribution in [0, 0.1) is 6.92 Å². The molecule has 1 aromatic carbocycles. The first-order valence-corrected chi connectivity index (χ1v) is 6.37. The van der Waals surface area contributed by atoms with Crippen molar-refractivity contribution in [1.29, 1.82) is 0 Å². The highest BCUT2D eigenvalue weighted by Crippen LogP contribution is 2.22. The molecule has 0 radical (unpaired) electrons. The van der Waals surface area contributed by atoms with Gasteiger partial charge in [0.05, 0.1) is 7.11 Å². The van der Waals surface area contributed by atoms with Gasteiger partial charge in [-0.25, -0.2) is 4.79 Å². The SMILES string of the molecule is COC(=O)Nc1ccc(OCc2csnn2)cc1C. The number of aromatic nitrogens is 2. The van der Waals surface area contributed by atoms with E-state index in [1.54, 1.807) is 12.1 Å². The van der Waals surface area contributed by atoms with Gasteiger partial charge in [-0.15, -0.1) is 5.10 Å². The van der Waals surface area contributed by atoms with Gasteiger partial charge in [-0.05, 0) is 42.2 Å². The first kappa shape index (κ1) is 13.3. The van der Waals surface area contributed by atoms with E-state index in [9.17, 15) is 4.79 Å². The third-order valence-electron chi connectivity index (χ3n) is 2.41. The molecule has 7 heteroatoms. The highest BCUT2D eigenvalue weighted by Gasteiger charge is 2.05. The third-order valence-corrected chi connectivity index (χ3v) is 2.97. The standard InChI is InChI=1S/C12H13N3O3S/c1-8-5-10(18-6-9-7-19-15-14-9)3-4-11(8)13-12(16)17-2/h3-5,7H,6H2,1-2H3,(H,13,16). The Bertz CT molecular complexity index is 557. The molecule has 0 aliphatic heterocycles. The number of carbonyl (C=O) groups excluding carboxylic acids is 1. The summed E-state index contributed by atoms with van der Waals surface area (Å²) in [6.45, 7) is 2.25. The molecule has 1 heterocycles. The van der Waals surface area contributed by atoms with Crippen molar-refractivity contribution >= 4 is 23.3 Å². The van der Waals surface area contributed by atoms with Crippen LogP contribution in [0.25, 0.3) is 0 Å². The molecule has 2 aromatic rings. The van der Waals surface area contributed by atoms with Crippen molar-refractivity contribution < 1.29 is 14.3 Å². The van der Waals surface area contributed by atoms with Crippen molar-refractivity contribution in [1.82, 2.24) is 9.59 Å². The lowest BCUT2D eigenvalue weighted by Gasteiger charge is -2.10. The first-order valence-electron chi connectivity index (χ1n) is 5.53. The summed E-state index contributed by atoms with van der Waals surface area (Å²) in [5.41, 5.74) is 2.37. The molecule has 6 nitrogen and oxygen atoms in total. The number of benzene rings is 1. The van der Waals surface area contributed by atoms with Crippen LogP contribution in [-0.2, 0) is 11.3 Å². The van der Waals surface area contributed by atoms with Gasteiger partial charge >= 0.3 is 6.09 Å². The van der Waals surface area contributed by atoms with Crippen molar-refractivity contribution in [2.45, 2.75) is 13.5 Å². The summed E-state index contributed by atoms with van der Waals surface area (Å²) in [5.74, 6) is 0.709. The molecule has 0 aliphatic carbocycles. The van der Waals surface area contributed by atoms with Crippen LogP contribution in [-0.4, -0.2) is 22.8 Å². The van der Waals surface area contributed by atoms with E-state index >= 15 is 0 Å². The Balaban J connectivity index is 2.00. The van der Waals surface area contributed by atoms with Crippen molar-refractivity contribution in [2.24, 2.45) is 0 Å². The highest BCUT2D eigenvalue weighted by molar-refractivity contribution is 7.03. The molecule has 0 fully saturated rings. The number of carbonyl (C=O) groups is 1. The van der Waals surface area contributed by atoms with Gasteiger partial charge in [-0.3, -0.25) is 5.32 Å². The van der Waals surface area contributed by atoms with E-state index < -0.39 is 6.09 Å². The maximum Gasteiger partial charge on any atom is 0.411 e. The highest BCUT2D eigenvalue weighted by atomic mass is 32.1. The number of nitrogens with one attached hydrogen (secondary N) is 1. The Morgan fingerprint density at radius 3 is 2.95 bits per heavy atom. The zero-order valence-corrected chi connectivity index (χ0v) is 11.4. The molecule has 0 unspecified atom stereocenters. The Morgan fingerprint density at radius 1 is 1.47 bits per heavy atom. The van der Waals surface area contributed by atoms with Crippen LogP contribution in [0.3, 0.4) is 0 Å². The maximum atomic E-state index is 11.1.